The normalized spacial score (nSPS) is 14.9. The molecule has 132 valence electrons. The van der Waals surface area contributed by atoms with Crippen LogP contribution < -0.4 is 10.6 Å². The topological polar surface area (TPSA) is 80.3 Å². The van der Waals surface area contributed by atoms with Crippen LogP contribution in [0.3, 0.4) is 0 Å². The lowest BCUT2D eigenvalue weighted by molar-refractivity contribution is 0.101. The molecule has 2 aromatic rings. The number of Topliss-reactive ketones (excluding diaryl/α,β-unsaturated/α-hetero) is 1. The van der Waals surface area contributed by atoms with Crippen LogP contribution >= 0.6 is 11.3 Å². The monoisotopic (exact) mass is 359 g/mol. The minimum atomic E-state index is -0.464. The van der Waals surface area contributed by atoms with E-state index in [-0.39, 0.29) is 5.78 Å². The van der Waals surface area contributed by atoms with Crippen LogP contribution in [0.5, 0.6) is 0 Å². The van der Waals surface area contributed by atoms with Crippen LogP contribution in [0.1, 0.15) is 30.3 Å². The number of hydrogen-bond acceptors (Lipinski definition) is 6. The number of nitrogens with zero attached hydrogens (tertiary/aromatic N) is 1. The first-order valence-electron chi connectivity index (χ1n) is 8.34. The summed E-state index contributed by atoms with van der Waals surface area (Å²) < 4.78 is 5.37. The molecule has 1 aromatic carbocycles. The van der Waals surface area contributed by atoms with E-state index in [2.05, 4.69) is 15.6 Å². The third-order valence-electron chi connectivity index (χ3n) is 4.17. The highest BCUT2D eigenvalue weighted by Gasteiger charge is 2.17. The van der Waals surface area contributed by atoms with Crippen molar-refractivity contribution in [2.45, 2.75) is 19.8 Å². The first kappa shape index (κ1) is 17.6. The molecule has 2 N–H and O–H groups in total. The fourth-order valence-electron chi connectivity index (χ4n) is 2.73. The maximum atomic E-state index is 12.1. The van der Waals surface area contributed by atoms with Gasteiger partial charge < -0.3 is 10.1 Å². The molecule has 1 aliphatic rings. The molecule has 7 heteroatoms. The number of hydrogen-bond donors (Lipinski definition) is 2. The quantitative estimate of drug-likeness (QED) is 0.798. The zero-order valence-corrected chi connectivity index (χ0v) is 14.9. The van der Waals surface area contributed by atoms with Crippen LogP contribution in [-0.2, 0) is 4.74 Å². The molecule has 1 amide bonds. The summed E-state index contributed by atoms with van der Waals surface area (Å²) in [4.78, 5) is 27.9. The molecule has 0 unspecified atom stereocenters. The molecule has 1 saturated heterocycles. The number of carbonyl (C=O) groups excluding carboxylic acids is 2. The molecular formula is C18H21N3O3S. The number of rotatable bonds is 5. The second-order valence-electron chi connectivity index (χ2n) is 6.06. The van der Waals surface area contributed by atoms with E-state index in [1.807, 2.05) is 18.2 Å². The molecule has 1 aromatic heterocycles. The summed E-state index contributed by atoms with van der Waals surface area (Å²) in [5, 5.41) is 8.50. The number of carbonyl (C=O) groups is 2. The summed E-state index contributed by atoms with van der Waals surface area (Å²) >= 11 is 1.38. The first-order valence-corrected chi connectivity index (χ1v) is 9.22. The zero-order chi connectivity index (χ0) is 17.6. The van der Waals surface area contributed by atoms with Gasteiger partial charge in [-0.25, -0.2) is 9.78 Å². The molecule has 3 rings (SSSR count). The van der Waals surface area contributed by atoms with Gasteiger partial charge in [0.25, 0.3) is 0 Å². The summed E-state index contributed by atoms with van der Waals surface area (Å²) in [6.07, 6.45) is 1.59. The van der Waals surface area contributed by atoms with Crippen LogP contribution in [0.2, 0.25) is 0 Å². The van der Waals surface area contributed by atoms with Gasteiger partial charge in [0.1, 0.15) is 10.7 Å². The van der Waals surface area contributed by atoms with Crippen molar-refractivity contribution in [1.82, 2.24) is 10.3 Å². The lowest BCUT2D eigenvalue weighted by Crippen LogP contribution is -2.31. The van der Waals surface area contributed by atoms with Crippen molar-refractivity contribution in [1.29, 1.82) is 0 Å². The third kappa shape index (κ3) is 4.64. The van der Waals surface area contributed by atoms with E-state index in [1.54, 1.807) is 11.4 Å². The number of anilines is 1. The molecule has 25 heavy (non-hydrogen) atoms. The SMILES string of the molecule is CC(=O)c1csc(-c2ccccc2NC(=O)OCC2CCNCC2)n1. The Morgan fingerprint density at radius 2 is 2.08 bits per heavy atom. The Bertz CT molecular complexity index is 754. The van der Waals surface area contributed by atoms with Crippen LogP contribution in [-0.4, -0.2) is 36.6 Å². The average molecular weight is 359 g/mol. The highest BCUT2D eigenvalue weighted by molar-refractivity contribution is 7.13. The van der Waals surface area contributed by atoms with Gasteiger partial charge in [0.05, 0.1) is 12.3 Å². The number of ketones is 1. The Kier molecular flexibility index (Phi) is 5.78. The van der Waals surface area contributed by atoms with Gasteiger partial charge in [-0.1, -0.05) is 12.1 Å². The van der Waals surface area contributed by atoms with Gasteiger partial charge >= 0.3 is 6.09 Å². The Morgan fingerprint density at radius 3 is 2.80 bits per heavy atom. The van der Waals surface area contributed by atoms with E-state index in [1.165, 1.54) is 18.3 Å². The molecular weight excluding hydrogens is 338 g/mol. The lowest BCUT2D eigenvalue weighted by atomic mass is 9.99. The number of piperidine rings is 1. The molecule has 0 radical (unpaired) electrons. The molecule has 2 heterocycles. The van der Waals surface area contributed by atoms with E-state index in [0.717, 1.165) is 31.5 Å². The fraction of sp³-hybridized carbons (Fsp3) is 0.389. The Balaban J connectivity index is 1.65. The molecule has 6 nitrogen and oxygen atoms in total. The largest absolute Gasteiger partial charge is 0.449 e. The highest BCUT2D eigenvalue weighted by Crippen LogP contribution is 2.30. The van der Waals surface area contributed by atoms with E-state index in [4.69, 9.17) is 4.74 Å². The van der Waals surface area contributed by atoms with Crippen LogP contribution in [0, 0.1) is 5.92 Å². The smallest absolute Gasteiger partial charge is 0.411 e. The average Bonchev–Trinajstić information content (AvgIpc) is 3.12. The maximum Gasteiger partial charge on any atom is 0.411 e. The summed E-state index contributed by atoms with van der Waals surface area (Å²) in [5.41, 5.74) is 1.84. The van der Waals surface area contributed by atoms with Crippen molar-refractivity contribution in [2.24, 2.45) is 5.92 Å². The van der Waals surface area contributed by atoms with Crippen LogP contribution in [0.15, 0.2) is 29.6 Å². The zero-order valence-electron chi connectivity index (χ0n) is 14.1. The third-order valence-corrected chi connectivity index (χ3v) is 5.04. The number of para-hydroxylation sites is 1. The first-order chi connectivity index (χ1) is 12.1. The van der Waals surface area contributed by atoms with Gasteiger partial charge in [-0.15, -0.1) is 11.3 Å². The molecule has 0 atom stereocenters. The van der Waals surface area contributed by atoms with Crippen molar-refractivity contribution in [3.05, 3.63) is 35.3 Å². The standard InChI is InChI=1S/C18H21N3O3S/c1-12(22)16-11-25-17(20-16)14-4-2-3-5-15(14)21-18(23)24-10-13-6-8-19-9-7-13/h2-5,11,13,19H,6-10H2,1H3,(H,21,23). The molecule has 0 bridgehead atoms. The minimum absolute atomic E-state index is 0.0747. The minimum Gasteiger partial charge on any atom is -0.449 e. The molecule has 0 saturated carbocycles. The van der Waals surface area contributed by atoms with E-state index in [9.17, 15) is 9.59 Å². The van der Waals surface area contributed by atoms with Gasteiger partial charge in [0, 0.05) is 17.9 Å². The predicted octanol–water partition coefficient (Wildman–Crippen LogP) is 3.56. The van der Waals surface area contributed by atoms with Crippen molar-refractivity contribution < 1.29 is 14.3 Å². The van der Waals surface area contributed by atoms with E-state index in [0.29, 0.717) is 28.9 Å². The van der Waals surface area contributed by atoms with Gasteiger partial charge in [-0.2, -0.15) is 0 Å². The second kappa shape index (κ2) is 8.22. The number of thiazole rings is 1. The van der Waals surface area contributed by atoms with Crippen LogP contribution in [0.25, 0.3) is 10.6 Å². The Hall–Kier alpha value is -2.25. The van der Waals surface area contributed by atoms with Gasteiger partial charge in [-0.3, -0.25) is 10.1 Å². The van der Waals surface area contributed by atoms with Gasteiger partial charge in [-0.05, 0) is 44.0 Å². The number of aromatic nitrogens is 1. The summed E-state index contributed by atoms with van der Waals surface area (Å²) in [5.74, 6) is 0.341. The van der Waals surface area contributed by atoms with Crippen molar-refractivity contribution >= 4 is 28.9 Å². The van der Waals surface area contributed by atoms with Crippen molar-refractivity contribution in [3.8, 4) is 10.6 Å². The molecule has 1 aliphatic heterocycles. The lowest BCUT2D eigenvalue weighted by Gasteiger charge is -2.22. The van der Waals surface area contributed by atoms with E-state index >= 15 is 0 Å². The summed E-state index contributed by atoms with van der Waals surface area (Å²) in [7, 11) is 0. The number of nitrogens with one attached hydrogen (secondary N) is 2. The Morgan fingerprint density at radius 1 is 1.32 bits per heavy atom. The van der Waals surface area contributed by atoms with E-state index < -0.39 is 6.09 Å². The van der Waals surface area contributed by atoms with Gasteiger partial charge in [0.15, 0.2) is 5.78 Å². The van der Waals surface area contributed by atoms with Crippen LogP contribution in [0.4, 0.5) is 10.5 Å². The summed E-state index contributed by atoms with van der Waals surface area (Å²) in [6.45, 7) is 3.87. The number of benzene rings is 1. The Labute approximate surface area is 150 Å². The van der Waals surface area contributed by atoms with Gasteiger partial charge in [0.2, 0.25) is 0 Å². The highest BCUT2D eigenvalue weighted by atomic mass is 32.1. The number of ether oxygens (including phenoxy) is 1. The maximum absolute atomic E-state index is 12.1. The van der Waals surface area contributed by atoms with Crippen molar-refractivity contribution in [3.63, 3.8) is 0 Å². The molecule has 1 fully saturated rings. The fourth-order valence-corrected chi connectivity index (χ4v) is 3.62. The number of amides is 1. The molecule has 0 spiro atoms. The van der Waals surface area contributed by atoms with Crippen molar-refractivity contribution in [2.75, 3.05) is 25.0 Å². The predicted molar refractivity (Wildman–Crippen MR) is 98.1 cm³/mol. The second-order valence-corrected chi connectivity index (χ2v) is 6.91. The summed E-state index contributed by atoms with van der Waals surface area (Å²) in [6, 6.07) is 7.38. The molecule has 0 aliphatic carbocycles.